The van der Waals surface area contributed by atoms with Crippen LogP contribution in [0.4, 0.5) is 0 Å². The molecule has 2 rings (SSSR count). The van der Waals surface area contributed by atoms with Gasteiger partial charge in [0.1, 0.15) is 6.04 Å². The highest BCUT2D eigenvalue weighted by atomic mass is 32.2. The van der Waals surface area contributed by atoms with E-state index in [4.69, 9.17) is 5.11 Å². The molecule has 0 aliphatic carbocycles. The van der Waals surface area contributed by atoms with E-state index in [2.05, 4.69) is 10.4 Å². The molecule has 1 fully saturated rings. The van der Waals surface area contributed by atoms with Gasteiger partial charge in [-0.25, -0.2) is 0 Å². The largest absolute Gasteiger partial charge is 0.480 e. The molecule has 0 radical (unpaired) electrons. The SMILES string of the molecule is Cn1cc([C@H]2N[C@@H](C(=O)O)CS2)cn1. The number of nitrogens with zero attached hydrogens (tertiary/aromatic N) is 2. The molecule has 2 N–H and O–H groups in total. The first-order valence-electron chi connectivity index (χ1n) is 4.26. The van der Waals surface area contributed by atoms with Crippen molar-refractivity contribution in [2.75, 3.05) is 5.75 Å². The van der Waals surface area contributed by atoms with Gasteiger partial charge in [0.25, 0.3) is 0 Å². The van der Waals surface area contributed by atoms with Crippen LogP contribution in [0.2, 0.25) is 0 Å². The summed E-state index contributed by atoms with van der Waals surface area (Å²) >= 11 is 1.60. The van der Waals surface area contributed by atoms with Gasteiger partial charge >= 0.3 is 5.97 Å². The Morgan fingerprint density at radius 1 is 1.86 bits per heavy atom. The van der Waals surface area contributed by atoms with Gasteiger partial charge in [-0.05, 0) is 0 Å². The van der Waals surface area contributed by atoms with Crippen LogP contribution in [0.25, 0.3) is 0 Å². The van der Waals surface area contributed by atoms with E-state index < -0.39 is 12.0 Å². The van der Waals surface area contributed by atoms with Gasteiger partial charge in [0.15, 0.2) is 0 Å². The maximum Gasteiger partial charge on any atom is 0.321 e. The summed E-state index contributed by atoms with van der Waals surface area (Å²) in [6.07, 6.45) is 3.66. The summed E-state index contributed by atoms with van der Waals surface area (Å²) in [6, 6.07) is -0.440. The van der Waals surface area contributed by atoms with Gasteiger partial charge in [0.2, 0.25) is 0 Å². The molecule has 0 aromatic carbocycles. The van der Waals surface area contributed by atoms with E-state index in [9.17, 15) is 4.79 Å². The predicted molar refractivity (Wildman–Crippen MR) is 53.0 cm³/mol. The third-order valence-electron chi connectivity index (χ3n) is 2.11. The summed E-state index contributed by atoms with van der Waals surface area (Å²) in [5.41, 5.74) is 1.03. The Morgan fingerprint density at radius 2 is 2.64 bits per heavy atom. The van der Waals surface area contributed by atoms with Crippen molar-refractivity contribution in [2.24, 2.45) is 7.05 Å². The Balaban J connectivity index is 2.05. The molecule has 0 saturated carbocycles. The highest BCUT2D eigenvalue weighted by Gasteiger charge is 2.30. The van der Waals surface area contributed by atoms with Crippen LogP contribution in [-0.2, 0) is 11.8 Å². The highest BCUT2D eigenvalue weighted by molar-refractivity contribution is 7.99. The minimum absolute atomic E-state index is 0.0600. The van der Waals surface area contributed by atoms with Crippen molar-refractivity contribution < 1.29 is 9.90 Å². The summed E-state index contributed by atoms with van der Waals surface area (Å²) in [6.45, 7) is 0. The molecule has 0 bridgehead atoms. The Kier molecular flexibility index (Phi) is 2.47. The lowest BCUT2D eigenvalue weighted by Crippen LogP contribution is -2.33. The summed E-state index contributed by atoms with van der Waals surface area (Å²) < 4.78 is 1.71. The zero-order valence-corrected chi connectivity index (χ0v) is 8.49. The molecular weight excluding hydrogens is 202 g/mol. The number of hydrogen-bond donors (Lipinski definition) is 2. The van der Waals surface area contributed by atoms with E-state index in [0.29, 0.717) is 5.75 Å². The minimum Gasteiger partial charge on any atom is -0.480 e. The zero-order valence-electron chi connectivity index (χ0n) is 7.67. The van der Waals surface area contributed by atoms with Crippen molar-refractivity contribution in [3.05, 3.63) is 18.0 Å². The van der Waals surface area contributed by atoms with E-state index in [0.717, 1.165) is 5.56 Å². The van der Waals surface area contributed by atoms with Crippen molar-refractivity contribution in [3.63, 3.8) is 0 Å². The van der Waals surface area contributed by atoms with Gasteiger partial charge in [-0.3, -0.25) is 14.8 Å². The Labute approximate surface area is 85.5 Å². The molecular formula is C8H11N3O2S. The molecule has 6 heteroatoms. The molecule has 1 aliphatic rings. The van der Waals surface area contributed by atoms with Crippen molar-refractivity contribution in [3.8, 4) is 0 Å². The van der Waals surface area contributed by atoms with E-state index in [1.165, 1.54) is 0 Å². The zero-order chi connectivity index (χ0) is 10.1. The first kappa shape index (κ1) is 9.54. The average molecular weight is 213 g/mol. The molecule has 1 aromatic rings. The highest BCUT2D eigenvalue weighted by Crippen LogP contribution is 2.32. The molecule has 1 aliphatic heterocycles. The third kappa shape index (κ3) is 1.76. The fourth-order valence-corrected chi connectivity index (χ4v) is 2.58. The molecule has 0 spiro atoms. The van der Waals surface area contributed by atoms with Crippen LogP contribution in [-0.4, -0.2) is 32.7 Å². The molecule has 1 saturated heterocycles. The fourth-order valence-electron chi connectivity index (χ4n) is 1.38. The molecule has 0 amide bonds. The average Bonchev–Trinajstić information content (AvgIpc) is 2.70. The number of carboxylic acid groups (broad SMARTS) is 1. The first-order valence-corrected chi connectivity index (χ1v) is 5.30. The quantitative estimate of drug-likeness (QED) is 0.735. The standard InChI is InChI=1S/C8H11N3O2S/c1-11-3-5(2-9-11)7-10-6(4-14-7)8(12)13/h2-3,6-7,10H,4H2,1H3,(H,12,13)/t6-,7+/m1/s1. The van der Waals surface area contributed by atoms with E-state index in [1.54, 1.807) is 22.6 Å². The molecule has 2 atom stereocenters. The minimum atomic E-state index is -0.788. The lowest BCUT2D eigenvalue weighted by molar-refractivity contribution is -0.138. The fraction of sp³-hybridized carbons (Fsp3) is 0.500. The summed E-state index contributed by atoms with van der Waals surface area (Å²) in [7, 11) is 1.85. The number of carbonyl (C=O) groups is 1. The number of aliphatic carboxylic acids is 1. The maximum atomic E-state index is 10.7. The van der Waals surface area contributed by atoms with Crippen molar-refractivity contribution in [2.45, 2.75) is 11.4 Å². The Morgan fingerprint density at radius 3 is 3.14 bits per heavy atom. The van der Waals surface area contributed by atoms with Crippen LogP contribution in [0.3, 0.4) is 0 Å². The second-order valence-corrected chi connectivity index (χ2v) is 4.36. The van der Waals surface area contributed by atoms with Gasteiger partial charge in [-0.2, -0.15) is 5.10 Å². The number of hydrogen-bond acceptors (Lipinski definition) is 4. The normalized spacial score (nSPS) is 26.6. The van der Waals surface area contributed by atoms with E-state index in [1.807, 2.05) is 13.2 Å². The number of rotatable bonds is 2. The predicted octanol–water partition coefficient (Wildman–Crippen LogP) is 0.208. The topological polar surface area (TPSA) is 67.2 Å². The molecule has 2 heterocycles. The number of nitrogens with one attached hydrogen (secondary N) is 1. The number of carboxylic acids is 1. The van der Waals surface area contributed by atoms with Gasteiger partial charge in [-0.1, -0.05) is 0 Å². The van der Waals surface area contributed by atoms with Crippen LogP contribution < -0.4 is 5.32 Å². The van der Waals surface area contributed by atoms with Gasteiger partial charge < -0.3 is 5.11 Å². The third-order valence-corrected chi connectivity index (χ3v) is 3.38. The molecule has 76 valence electrons. The summed E-state index contributed by atoms with van der Waals surface area (Å²) in [4.78, 5) is 10.7. The van der Waals surface area contributed by atoms with Crippen LogP contribution in [0.1, 0.15) is 10.9 Å². The van der Waals surface area contributed by atoms with Crippen molar-refractivity contribution >= 4 is 17.7 Å². The van der Waals surface area contributed by atoms with Crippen molar-refractivity contribution in [1.29, 1.82) is 0 Å². The van der Waals surface area contributed by atoms with Gasteiger partial charge in [0.05, 0.1) is 11.6 Å². The first-order chi connectivity index (χ1) is 6.66. The van der Waals surface area contributed by atoms with Crippen LogP contribution in [0.5, 0.6) is 0 Å². The second kappa shape index (κ2) is 3.62. The molecule has 5 nitrogen and oxygen atoms in total. The maximum absolute atomic E-state index is 10.7. The second-order valence-electron chi connectivity index (χ2n) is 3.22. The molecule has 1 aromatic heterocycles. The van der Waals surface area contributed by atoms with Gasteiger partial charge in [-0.15, -0.1) is 11.8 Å². The monoisotopic (exact) mass is 213 g/mol. The lowest BCUT2D eigenvalue weighted by Gasteiger charge is -2.07. The Bertz CT molecular complexity index is 352. The van der Waals surface area contributed by atoms with Crippen LogP contribution in [0, 0.1) is 0 Å². The Hall–Kier alpha value is -1.01. The van der Waals surface area contributed by atoms with Gasteiger partial charge in [0, 0.05) is 24.6 Å². The van der Waals surface area contributed by atoms with E-state index in [-0.39, 0.29) is 5.37 Å². The lowest BCUT2D eigenvalue weighted by atomic mass is 10.3. The number of aryl methyl sites for hydroxylation is 1. The van der Waals surface area contributed by atoms with E-state index >= 15 is 0 Å². The van der Waals surface area contributed by atoms with Crippen LogP contribution in [0.15, 0.2) is 12.4 Å². The van der Waals surface area contributed by atoms with Crippen molar-refractivity contribution in [1.82, 2.24) is 15.1 Å². The summed E-state index contributed by atoms with van der Waals surface area (Å²) in [5.74, 6) is -0.182. The summed E-state index contributed by atoms with van der Waals surface area (Å²) in [5, 5.41) is 15.9. The number of thioether (sulfide) groups is 1. The smallest absolute Gasteiger partial charge is 0.321 e. The number of aromatic nitrogens is 2. The molecule has 0 unspecified atom stereocenters. The molecule has 14 heavy (non-hydrogen) atoms. The van der Waals surface area contributed by atoms with Crippen LogP contribution >= 0.6 is 11.8 Å².